The number of fused-ring (bicyclic) bond motifs is 1. The minimum absolute atomic E-state index is 0.0281. The highest BCUT2D eigenvalue weighted by molar-refractivity contribution is 5.94. The van der Waals surface area contributed by atoms with Crippen LogP contribution in [0, 0.1) is 0 Å². The van der Waals surface area contributed by atoms with E-state index in [4.69, 9.17) is 4.74 Å². The van der Waals surface area contributed by atoms with Gasteiger partial charge < -0.3 is 19.9 Å². The van der Waals surface area contributed by atoms with E-state index >= 15 is 0 Å². The number of nitrogens with zero attached hydrogens (tertiary/aromatic N) is 1. The van der Waals surface area contributed by atoms with Gasteiger partial charge in [-0.25, -0.2) is 0 Å². The Morgan fingerprint density at radius 3 is 2.82 bits per heavy atom. The lowest BCUT2D eigenvalue weighted by Crippen LogP contribution is -2.18. The van der Waals surface area contributed by atoms with Crippen LogP contribution in [-0.2, 0) is 20.9 Å². The summed E-state index contributed by atoms with van der Waals surface area (Å²) in [6.07, 6.45) is 2.27. The predicted octanol–water partition coefficient (Wildman–Crippen LogP) is 1.75. The second-order valence-corrected chi connectivity index (χ2v) is 4.92. The van der Waals surface area contributed by atoms with Gasteiger partial charge in [-0.2, -0.15) is 0 Å². The average molecular weight is 303 g/mol. The molecule has 1 aromatic heterocycles. The van der Waals surface area contributed by atoms with Crippen LogP contribution in [0.2, 0.25) is 0 Å². The molecule has 0 bridgehead atoms. The fourth-order valence-corrected chi connectivity index (χ4v) is 2.22. The molecule has 0 saturated carbocycles. The molecule has 0 aliphatic carbocycles. The Hall–Kier alpha value is -2.34. The van der Waals surface area contributed by atoms with E-state index in [-0.39, 0.29) is 18.4 Å². The summed E-state index contributed by atoms with van der Waals surface area (Å²) in [5.41, 5.74) is 1.68. The Morgan fingerprint density at radius 2 is 2.09 bits per heavy atom. The summed E-state index contributed by atoms with van der Waals surface area (Å²) in [6, 6.07) is 7.54. The number of benzene rings is 1. The number of nitrogens with one attached hydrogen (secondary N) is 2. The molecular formula is C16H21N3O3. The third kappa shape index (κ3) is 4.08. The number of hydrogen-bond donors (Lipinski definition) is 2. The maximum Gasteiger partial charge on any atom is 0.325 e. The Bertz CT molecular complexity index is 664. The monoisotopic (exact) mass is 303 g/mol. The molecule has 0 aliphatic rings. The van der Waals surface area contributed by atoms with E-state index in [2.05, 4.69) is 10.6 Å². The second-order valence-electron chi connectivity index (χ2n) is 4.92. The fraction of sp³-hybridized carbons (Fsp3) is 0.375. The number of aromatic nitrogens is 1. The first-order chi connectivity index (χ1) is 10.6. The van der Waals surface area contributed by atoms with E-state index in [0.29, 0.717) is 19.6 Å². The summed E-state index contributed by atoms with van der Waals surface area (Å²) in [5.74, 6) is -0.288. The zero-order chi connectivity index (χ0) is 15.9. The number of amides is 1. The van der Waals surface area contributed by atoms with Gasteiger partial charge in [-0.1, -0.05) is 0 Å². The molecule has 0 unspecified atom stereocenters. The Balaban J connectivity index is 2.09. The molecule has 0 aliphatic heterocycles. The summed E-state index contributed by atoms with van der Waals surface area (Å²) < 4.78 is 6.79. The first-order valence-corrected chi connectivity index (χ1v) is 7.33. The summed E-state index contributed by atoms with van der Waals surface area (Å²) >= 11 is 0. The zero-order valence-electron chi connectivity index (χ0n) is 12.9. The smallest absolute Gasteiger partial charge is 0.325 e. The molecule has 1 amide bonds. The minimum Gasteiger partial charge on any atom is -0.465 e. The molecule has 6 heteroatoms. The summed E-state index contributed by atoms with van der Waals surface area (Å²) in [5, 5.41) is 6.77. The van der Waals surface area contributed by atoms with Gasteiger partial charge in [0.1, 0.15) is 6.54 Å². The maximum absolute atomic E-state index is 11.7. The van der Waals surface area contributed by atoms with Crippen LogP contribution >= 0.6 is 0 Å². The molecule has 118 valence electrons. The van der Waals surface area contributed by atoms with Gasteiger partial charge >= 0.3 is 5.97 Å². The van der Waals surface area contributed by atoms with E-state index in [0.717, 1.165) is 16.6 Å². The van der Waals surface area contributed by atoms with Crippen molar-refractivity contribution in [3.63, 3.8) is 0 Å². The van der Waals surface area contributed by atoms with E-state index in [1.807, 2.05) is 42.1 Å². The van der Waals surface area contributed by atoms with Gasteiger partial charge in [0.25, 0.3) is 0 Å². The second kappa shape index (κ2) is 7.61. The van der Waals surface area contributed by atoms with Crippen LogP contribution in [-0.4, -0.2) is 36.6 Å². The molecule has 1 aromatic carbocycles. The van der Waals surface area contributed by atoms with Crippen molar-refractivity contribution in [3.8, 4) is 0 Å². The van der Waals surface area contributed by atoms with Crippen molar-refractivity contribution in [2.75, 3.05) is 25.5 Å². The molecule has 0 radical (unpaired) electrons. The number of carbonyl (C=O) groups excluding carboxylic acids is 2. The minimum atomic E-state index is -0.260. The molecule has 0 saturated heterocycles. The zero-order valence-corrected chi connectivity index (χ0v) is 12.9. The van der Waals surface area contributed by atoms with Crippen molar-refractivity contribution >= 4 is 28.5 Å². The Morgan fingerprint density at radius 1 is 1.27 bits per heavy atom. The van der Waals surface area contributed by atoms with Crippen LogP contribution in [0.15, 0.2) is 30.5 Å². The molecule has 2 N–H and O–H groups in total. The standard InChI is InChI=1S/C16H21N3O3/c1-3-22-16(21)11-19-9-7-12-10-13(4-5-14(12)19)18-15(20)6-8-17-2/h4-5,7,9-10,17H,3,6,8,11H2,1-2H3,(H,18,20). The number of hydrogen-bond acceptors (Lipinski definition) is 4. The Labute approximate surface area is 129 Å². The largest absolute Gasteiger partial charge is 0.465 e. The van der Waals surface area contributed by atoms with Crippen LogP contribution in [0.4, 0.5) is 5.69 Å². The molecule has 2 aromatic rings. The molecule has 0 fully saturated rings. The SMILES string of the molecule is CCOC(=O)Cn1ccc2cc(NC(=O)CCNC)ccc21. The van der Waals surface area contributed by atoms with Crippen molar-refractivity contribution in [2.24, 2.45) is 0 Å². The van der Waals surface area contributed by atoms with Crippen molar-refractivity contribution in [2.45, 2.75) is 19.9 Å². The van der Waals surface area contributed by atoms with Crippen LogP contribution in [0.1, 0.15) is 13.3 Å². The maximum atomic E-state index is 11.7. The quantitative estimate of drug-likeness (QED) is 0.764. The first kappa shape index (κ1) is 16.0. The number of rotatable bonds is 7. The van der Waals surface area contributed by atoms with Gasteiger partial charge in [-0.15, -0.1) is 0 Å². The third-order valence-corrected chi connectivity index (χ3v) is 3.26. The summed E-state index contributed by atoms with van der Waals surface area (Å²) in [6.45, 7) is 2.99. The summed E-state index contributed by atoms with van der Waals surface area (Å²) in [7, 11) is 1.81. The lowest BCUT2D eigenvalue weighted by Gasteiger charge is -2.07. The van der Waals surface area contributed by atoms with Crippen LogP contribution < -0.4 is 10.6 Å². The lowest BCUT2D eigenvalue weighted by molar-refractivity contribution is -0.143. The number of esters is 1. The van der Waals surface area contributed by atoms with E-state index in [1.54, 1.807) is 6.92 Å². The molecule has 0 spiro atoms. The lowest BCUT2D eigenvalue weighted by atomic mass is 10.2. The van der Waals surface area contributed by atoms with Crippen molar-refractivity contribution in [1.29, 1.82) is 0 Å². The highest BCUT2D eigenvalue weighted by Gasteiger charge is 2.08. The first-order valence-electron chi connectivity index (χ1n) is 7.33. The van der Waals surface area contributed by atoms with Crippen molar-refractivity contribution in [1.82, 2.24) is 9.88 Å². The molecule has 22 heavy (non-hydrogen) atoms. The van der Waals surface area contributed by atoms with Crippen LogP contribution in [0.3, 0.4) is 0 Å². The molecular weight excluding hydrogens is 282 g/mol. The van der Waals surface area contributed by atoms with E-state index in [1.165, 1.54) is 0 Å². The third-order valence-electron chi connectivity index (χ3n) is 3.26. The average Bonchev–Trinajstić information content (AvgIpc) is 2.87. The normalized spacial score (nSPS) is 10.6. The molecule has 1 heterocycles. The van der Waals surface area contributed by atoms with Crippen LogP contribution in [0.25, 0.3) is 10.9 Å². The molecule has 6 nitrogen and oxygen atoms in total. The van der Waals surface area contributed by atoms with Gasteiger partial charge in [0, 0.05) is 35.8 Å². The van der Waals surface area contributed by atoms with E-state index in [9.17, 15) is 9.59 Å². The predicted molar refractivity (Wildman–Crippen MR) is 85.7 cm³/mol. The number of ether oxygens (including phenoxy) is 1. The van der Waals surface area contributed by atoms with Gasteiger partial charge in [0.15, 0.2) is 0 Å². The summed E-state index contributed by atoms with van der Waals surface area (Å²) in [4.78, 5) is 23.3. The van der Waals surface area contributed by atoms with Gasteiger partial charge in [0.05, 0.1) is 6.61 Å². The number of carbonyl (C=O) groups is 2. The molecule has 2 rings (SSSR count). The highest BCUT2D eigenvalue weighted by atomic mass is 16.5. The van der Waals surface area contributed by atoms with Gasteiger partial charge in [0.2, 0.25) is 5.91 Å². The molecule has 0 atom stereocenters. The van der Waals surface area contributed by atoms with Crippen molar-refractivity contribution in [3.05, 3.63) is 30.5 Å². The van der Waals surface area contributed by atoms with Gasteiger partial charge in [-0.05, 0) is 38.2 Å². The fourth-order valence-electron chi connectivity index (χ4n) is 2.22. The number of anilines is 1. The Kier molecular flexibility index (Phi) is 5.55. The van der Waals surface area contributed by atoms with Crippen LogP contribution in [0.5, 0.6) is 0 Å². The highest BCUT2D eigenvalue weighted by Crippen LogP contribution is 2.20. The van der Waals surface area contributed by atoms with Gasteiger partial charge in [-0.3, -0.25) is 9.59 Å². The van der Waals surface area contributed by atoms with Crippen molar-refractivity contribution < 1.29 is 14.3 Å². The van der Waals surface area contributed by atoms with E-state index < -0.39 is 0 Å². The topological polar surface area (TPSA) is 72.4 Å².